The molecule has 1 unspecified atom stereocenters. The van der Waals surface area contributed by atoms with Crippen molar-refractivity contribution in [3.63, 3.8) is 0 Å². The first-order chi connectivity index (χ1) is 16.4. The summed E-state index contributed by atoms with van der Waals surface area (Å²) in [4.78, 5) is 29.3. The van der Waals surface area contributed by atoms with Crippen LogP contribution in [0.25, 0.3) is 22.8 Å². The molecule has 0 saturated carbocycles. The summed E-state index contributed by atoms with van der Waals surface area (Å²) < 4.78 is 19.1. The number of benzene rings is 3. The highest BCUT2D eigenvalue weighted by atomic mass is 19.1. The molecule has 1 heterocycles. The van der Waals surface area contributed by atoms with E-state index in [-0.39, 0.29) is 24.7 Å². The average molecular weight is 458 g/mol. The molecule has 4 aromatic rings. The van der Waals surface area contributed by atoms with Crippen LogP contribution in [-0.2, 0) is 11.2 Å². The van der Waals surface area contributed by atoms with Crippen LogP contribution in [0.1, 0.15) is 21.5 Å². The van der Waals surface area contributed by atoms with Crippen molar-refractivity contribution in [3.8, 4) is 22.8 Å². The van der Waals surface area contributed by atoms with Crippen LogP contribution in [0.4, 0.5) is 4.39 Å². The highest BCUT2D eigenvalue weighted by Gasteiger charge is 2.21. The Bertz CT molecular complexity index is 1300. The summed E-state index contributed by atoms with van der Waals surface area (Å²) in [5.41, 5.74) is 9.22. The molecule has 34 heavy (non-hydrogen) atoms. The van der Waals surface area contributed by atoms with Gasteiger partial charge < -0.3 is 15.5 Å². The summed E-state index contributed by atoms with van der Waals surface area (Å²) in [6.45, 7) is 2.05. The number of primary amides is 1. The van der Waals surface area contributed by atoms with Crippen LogP contribution in [0, 0.1) is 18.7 Å². The molecule has 7 heteroatoms. The predicted octanol–water partition coefficient (Wildman–Crippen LogP) is 4.53. The van der Waals surface area contributed by atoms with Crippen molar-refractivity contribution < 1.29 is 18.4 Å². The molecule has 2 amide bonds. The number of carbonyl (C=O) groups excluding carboxylic acids is 2. The van der Waals surface area contributed by atoms with Crippen molar-refractivity contribution in [2.45, 2.75) is 13.3 Å². The first-order valence-electron chi connectivity index (χ1n) is 10.8. The van der Waals surface area contributed by atoms with Crippen molar-refractivity contribution in [1.82, 2.24) is 10.3 Å². The van der Waals surface area contributed by atoms with Crippen molar-refractivity contribution >= 4 is 11.8 Å². The molecule has 172 valence electrons. The molecular formula is C27H24FN3O3. The lowest BCUT2D eigenvalue weighted by Crippen LogP contribution is -2.37. The Morgan fingerprint density at radius 3 is 2.44 bits per heavy atom. The van der Waals surface area contributed by atoms with Crippen molar-refractivity contribution in [2.75, 3.05) is 6.54 Å². The van der Waals surface area contributed by atoms with E-state index in [1.54, 1.807) is 42.6 Å². The second kappa shape index (κ2) is 10.1. The van der Waals surface area contributed by atoms with E-state index in [9.17, 15) is 14.0 Å². The highest BCUT2D eigenvalue weighted by molar-refractivity contribution is 6.00. The first-order valence-corrected chi connectivity index (χ1v) is 10.8. The highest BCUT2D eigenvalue weighted by Crippen LogP contribution is 2.28. The largest absolute Gasteiger partial charge is 0.436 e. The van der Waals surface area contributed by atoms with Gasteiger partial charge in [0.05, 0.1) is 17.7 Å². The Hall–Kier alpha value is -4.26. The van der Waals surface area contributed by atoms with E-state index in [0.29, 0.717) is 22.8 Å². The van der Waals surface area contributed by atoms with E-state index < -0.39 is 11.8 Å². The molecule has 0 aliphatic rings. The number of oxazole rings is 1. The number of carbonyl (C=O) groups is 2. The van der Waals surface area contributed by atoms with Gasteiger partial charge in [0.15, 0.2) is 5.76 Å². The zero-order valence-corrected chi connectivity index (χ0v) is 18.6. The van der Waals surface area contributed by atoms with Crippen LogP contribution in [0.3, 0.4) is 0 Å². The summed E-state index contributed by atoms with van der Waals surface area (Å²) in [6.07, 6.45) is 1.91. The summed E-state index contributed by atoms with van der Waals surface area (Å²) in [5.74, 6) is -1.01. The van der Waals surface area contributed by atoms with E-state index in [4.69, 9.17) is 10.2 Å². The van der Waals surface area contributed by atoms with Gasteiger partial charge in [-0.15, -0.1) is 0 Å². The van der Waals surface area contributed by atoms with E-state index in [2.05, 4.69) is 10.3 Å². The lowest BCUT2D eigenvalue weighted by molar-refractivity contribution is -0.121. The predicted molar refractivity (Wildman–Crippen MR) is 127 cm³/mol. The van der Waals surface area contributed by atoms with Gasteiger partial charge in [0.2, 0.25) is 11.8 Å². The number of aryl methyl sites for hydroxylation is 1. The Morgan fingerprint density at radius 2 is 1.74 bits per heavy atom. The van der Waals surface area contributed by atoms with E-state index >= 15 is 0 Å². The minimum Gasteiger partial charge on any atom is -0.436 e. The lowest BCUT2D eigenvalue weighted by Gasteiger charge is -2.15. The second-order valence-electron chi connectivity index (χ2n) is 8.08. The zero-order valence-electron chi connectivity index (χ0n) is 18.6. The number of hydrogen-bond donors (Lipinski definition) is 2. The van der Waals surface area contributed by atoms with Gasteiger partial charge in [-0.2, -0.15) is 0 Å². The fraction of sp³-hybridized carbons (Fsp3) is 0.148. The minimum atomic E-state index is -0.642. The number of nitrogens with two attached hydrogens (primary N) is 1. The van der Waals surface area contributed by atoms with Gasteiger partial charge in [0, 0.05) is 17.7 Å². The third-order valence-corrected chi connectivity index (χ3v) is 5.55. The number of amides is 2. The van der Waals surface area contributed by atoms with Gasteiger partial charge in [0.25, 0.3) is 5.91 Å². The SMILES string of the molecule is Cc1ccc(-c2cnc(-c3ccccc3C(=O)NCC(Cc3ccc(F)cc3)C(N)=O)o2)cc1. The summed E-state index contributed by atoms with van der Waals surface area (Å²) in [6, 6.07) is 20.7. The van der Waals surface area contributed by atoms with Crippen molar-refractivity contribution in [3.05, 3.63) is 102 Å². The maximum absolute atomic E-state index is 13.2. The molecule has 0 aliphatic heterocycles. The Balaban J connectivity index is 1.49. The monoisotopic (exact) mass is 457 g/mol. The van der Waals surface area contributed by atoms with Gasteiger partial charge in [-0.3, -0.25) is 9.59 Å². The number of nitrogens with zero attached hydrogens (tertiary/aromatic N) is 1. The lowest BCUT2D eigenvalue weighted by atomic mass is 9.98. The minimum absolute atomic E-state index is 0.0417. The maximum atomic E-state index is 13.2. The standard InChI is InChI=1S/C27H24FN3O3/c1-17-6-10-19(11-7-17)24-16-31-27(34-24)23-5-3-2-4-22(23)26(33)30-15-20(25(29)32)14-18-8-12-21(28)13-9-18/h2-13,16,20H,14-15H2,1H3,(H2,29,32)(H,30,33). The number of hydrogen-bond acceptors (Lipinski definition) is 4. The molecule has 0 bridgehead atoms. The second-order valence-corrected chi connectivity index (χ2v) is 8.08. The topological polar surface area (TPSA) is 98.2 Å². The van der Waals surface area contributed by atoms with Crippen molar-refractivity contribution in [1.29, 1.82) is 0 Å². The van der Waals surface area contributed by atoms with Crippen LogP contribution in [0.5, 0.6) is 0 Å². The zero-order chi connectivity index (χ0) is 24.1. The molecule has 3 N–H and O–H groups in total. The summed E-state index contributed by atoms with van der Waals surface area (Å²) in [7, 11) is 0. The van der Waals surface area contributed by atoms with Crippen molar-refractivity contribution in [2.24, 2.45) is 11.7 Å². The molecule has 0 fully saturated rings. The number of aromatic nitrogens is 1. The van der Waals surface area contributed by atoms with Crippen LogP contribution in [-0.4, -0.2) is 23.3 Å². The molecule has 4 rings (SSSR count). The smallest absolute Gasteiger partial charge is 0.252 e. The molecule has 3 aromatic carbocycles. The van der Waals surface area contributed by atoms with Gasteiger partial charge in [0.1, 0.15) is 5.82 Å². The normalized spacial score (nSPS) is 11.7. The first kappa shape index (κ1) is 22.9. The molecule has 1 atom stereocenters. The Kier molecular flexibility index (Phi) is 6.82. The van der Waals surface area contributed by atoms with Crippen LogP contribution < -0.4 is 11.1 Å². The van der Waals surface area contributed by atoms with Gasteiger partial charge in [-0.25, -0.2) is 9.37 Å². The van der Waals surface area contributed by atoms with Crippen LogP contribution >= 0.6 is 0 Å². The molecule has 0 aliphatic carbocycles. The Morgan fingerprint density at radius 1 is 1.03 bits per heavy atom. The average Bonchev–Trinajstić information content (AvgIpc) is 3.33. The molecule has 1 aromatic heterocycles. The molecule has 0 saturated heterocycles. The summed E-state index contributed by atoms with van der Waals surface area (Å²) >= 11 is 0. The van der Waals surface area contributed by atoms with E-state index in [0.717, 1.165) is 16.7 Å². The molecule has 0 spiro atoms. The number of rotatable bonds is 8. The van der Waals surface area contributed by atoms with E-state index in [1.807, 2.05) is 31.2 Å². The fourth-order valence-corrected chi connectivity index (χ4v) is 3.61. The van der Waals surface area contributed by atoms with Crippen LogP contribution in [0.2, 0.25) is 0 Å². The molecule has 6 nitrogen and oxygen atoms in total. The van der Waals surface area contributed by atoms with Gasteiger partial charge >= 0.3 is 0 Å². The molecular weight excluding hydrogens is 433 g/mol. The fourth-order valence-electron chi connectivity index (χ4n) is 3.61. The number of halogens is 1. The molecule has 0 radical (unpaired) electrons. The Labute approximate surface area is 196 Å². The summed E-state index contributed by atoms with van der Waals surface area (Å²) in [5, 5.41) is 2.78. The van der Waals surface area contributed by atoms with Gasteiger partial charge in [-0.1, -0.05) is 54.1 Å². The third kappa shape index (κ3) is 5.38. The number of nitrogens with one attached hydrogen (secondary N) is 1. The van der Waals surface area contributed by atoms with Crippen LogP contribution in [0.15, 0.2) is 83.4 Å². The maximum Gasteiger partial charge on any atom is 0.252 e. The third-order valence-electron chi connectivity index (χ3n) is 5.55. The quantitative estimate of drug-likeness (QED) is 0.406. The van der Waals surface area contributed by atoms with Gasteiger partial charge in [-0.05, 0) is 43.2 Å². The van der Waals surface area contributed by atoms with E-state index in [1.165, 1.54) is 12.1 Å².